The van der Waals surface area contributed by atoms with Crippen LogP contribution in [0.3, 0.4) is 0 Å². The Morgan fingerprint density at radius 2 is 1.77 bits per heavy atom. The van der Waals surface area contributed by atoms with E-state index in [2.05, 4.69) is 39.5 Å². The van der Waals surface area contributed by atoms with Crippen LogP contribution in [-0.2, 0) is 4.74 Å². The van der Waals surface area contributed by atoms with Gasteiger partial charge in [-0.1, -0.05) is 36.4 Å². The first kappa shape index (κ1) is 19.7. The number of amides is 1. The highest BCUT2D eigenvalue weighted by Gasteiger charge is 2.11. The number of carbonyl (C=O) groups excluding carboxylic acids is 1. The molecule has 6 nitrogen and oxygen atoms in total. The molecule has 1 aliphatic rings. The van der Waals surface area contributed by atoms with Crippen molar-refractivity contribution in [1.82, 2.24) is 20.2 Å². The van der Waals surface area contributed by atoms with E-state index in [1.165, 1.54) is 10.8 Å². The molecule has 3 aromatic carbocycles. The molecule has 158 valence electrons. The molecule has 0 atom stereocenters. The molecule has 2 heterocycles. The smallest absolute Gasteiger partial charge is 0.251 e. The van der Waals surface area contributed by atoms with E-state index in [1.54, 1.807) is 0 Å². The van der Waals surface area contributed by atoms with E-state index in [9.17, 15) is 4.79 Å². The van der Waals surface area contributed by atoms with Gasteiger partial charge in [0.05, 0.1) is 24.2 Å². The van der Waals surface area contributed by atoms with Crippen LogP contribution >= 0.6 is 0 Å². The number of hydrogen-bond donors (Lipinski definition) is 2. The van der Waals surface area contributed by atoms with Crippen LogP contribution < -0.4 is 5.32 Å². The summed E-state index contributed by atoms with van der Waals surface area (Å²) in [7, 11) is 0. The normalized spacial score (nSPS) is 14.8. The second-order valence-corrected chi connectivity index (χ2v) is 7.94. The van der Waals surface area contributed by atoms with E-state index in [4.69, 9.17) is 9.72 Å². The molecular weight excluding hydrogens is 388 g/mol. The summed E-state index contributed by atoms with van der Waals surface area (Å²) in [4.78, 5) is 23.0. The van der Waals surface area contributed by atoms with Gasteiger partial charge in [-0.3, -0.25) is 9.69 Å². The van der Waals surface area contributed by atoms with Gasteiger partial charge in [-0.25, -0.2) is 4.98 Å². The Hall–Kier alpha value is -3.22. The lowest BCUT2D eigenvalue weighted by atomic mass is 10.1. The van der Waals surface area contributed by atoms with Crippen LogP contribution in [-0.4, -0.2) is 60.2 Å². The predicted molar refractivity (Wildman–Crippen MR) is 123 cm³/mol. The summed E-state index contributed by atoms with van der Waals surface area (Å²) >= 11 is 0. The molecule has 0 radical (unpaired) electrons. The molecule has 1 aromatic heterocycles. The fraction of sp³-hybridized carbons (Fsp3) is 0.280. The molecule has 2 N–H and O–H groups in total. The van der Waals surface area contributed by atoms with E-state index in [-0.39, 0.29) is 5.91 Å². The third kappa shape index (κ3) is 4.45. The number of fused-ring (bicyclic) bond motifs is 2. The summed E-state index contributed by atoms with van der Waals surface area (Å²) in [6.07, 6.45) is 0.942. The monoisotopic (exact) mass is 414 g/mol. The largest absolute Gasteiger partial charge is 0.379 e. The first-order valence-corrected chi connectivity index (χ1v) is 10.8. The Kier molecular flexibility index (Phi) is 5.65. The highest BCUT2D eigenvalue weighted by molar-refractivity contribution is 5.96. The van der Waals surface area contributed by atoms with E-state index >= 15 is 0 Å². The number of hydrogen-bond acceptors (Lipinski definition) is 4. The fourth-order valence-electron chi connectivity index (χ4n) is 4.04. The minimum atomic E-state index is -0.0376. The Morgan fingerprint density at radius 1 is 1.03 bits per heavy atom. The number of rotatable bonds is 6. The maximum atomic E-state index is 12.5. The van der Waals surface area contributed by atoms with Gasteiger partial charge in [0.1, 0.15) is 5.82 Å². The molecule has 0 aliphatic carbocycles. The average Bonchev–Trinajstić information content (AvgIpc) is 3.24. The molecule has 0 unspecified atom stereocenters. The van der Waals surface area contributed by atoms with Crippen molar-refractivity contribution in [2.45, 2.75) is 6.42 Å². The van der Waals surface area contributed by atoms with Crippen molar-refractivity contribution in [3.05, 3.63) is 66.2 Å². The summed E-state index contributed by atoms with van der Waals surface area (Å²) in [5.74, 6) is 0.771. The molecule has 0 spiro atoms. The lowest BCUT2D eigenvalue weighted by Gasteiger charge is -2.26. The second-order valence-electron chi connectivity index (χ2n) is 7.94. The number of aromatic nitrogens is 2. The highest BCUT2D eigenvalue weighted by Crippen LogP contribution is 2.25. The van der Waals surface area contributed by atoms with Gasteiger partial charge in [-0.2, -0.15) is 0 Å². The zero-order valence-corrected chi connectivity index (χ0v) is 17.4. The van der Waals surface area contributed by atoms with Gasteiger partial charge < -0.3 is 15.0 Å². The Labute approximate surface area is 181 Å². The van der Waals surface area contributed by atoms with Crippen LogP contribution in [0.4, 0.5) is 0 Å². The number of benzene rings is 3. The number of imidazole rings is 1. The summed E-state index contributed by atoms with van der Waals surface area (Å²) in [6.45, 7) is 5.24. The van der Waals surface area contributed by atoms with Gasteiger partial charge in [0.25, 0.3) is 5.91 Å². The molecule has 4 aromatic rings. The Balaban J connectivity index is 1.22. The SMILES string of the molecule is O=C(NCCCN1CCOCC1)c1ccc(-c2nc3cc4ccccc4cc3[nH]2)cc1. The lowest BCUT2D eigenvalue weighted by molar-refractivity contribution is 0.0374. The fourth-order valence-corrected chi connectivity index (χ4v) is 4.04. The molecule has 0 saturated carbocycles. The predicted octanol–water partition coefficient (Wildman–Crippen LogP) is 3.84. The van der Waals surface area contributed by atoms with E-state index in [0.29, 0.717) is 12.1 Å². The molecular formula is C25H26N4O2. The zero-order valence-electron chi connectivity index (χ0n) is 17.4. The van der Waals surface area contributed by atoms with Crippen molar-refractivity contribution >= 4 is 27.7 Å². The quantitative estimate of drug-likeness (QED) is 0.471. The first-order valence-electron chi connectivity index (χ1n) is 10.8. The number of nitrogens with one attached hydrogen (secondary N) is 2. The Bertz CT molecular complexity index is 1140. The van der Waals surface area contributed by atoms with Crippen LogP contribution in [0.1, 0.15) is 16.8 Å². The molecule has 1 fully saturated rings. The number of H-pyrrole nitrogens is 1. The van der Waals surface area contributed by atoms with Gasteiger partial charge in [0, 0.05) is 30.8 Å². The van der Waals surface area contributed by atoms with Crippen LogP contribution in [0, 0.1) is 0 Å². The van der Waals surface area contributed by atoms with Crippen LogP contribution in [0.5, 0.6) is 0 Å². The van der Waals surface area contributed by atoms with E-state index in [1.807, 2.05) is 36.4 Å². The maximum Gasteiger partial charge on any atom is 0.251 e. The third-order valence-electron chi connectivity index (χ3n) is 5.81. The van der Waals surface area contributed by atoms with Crippen molar-refractivity contribution in [1.29, 1.82) is 0 Å². The molecule has 1 saturated heterocycles. The third-order valence-corrected chi connectivity index (χ3v) is 5.81. The minimum Gasteiger partial charge on any atom is -0.379 e. The van der Waals surface area contributed by atoms with E-state index < -0.39 is 0 Å². The average molecular weight is 415 g/mol. The number of aromatic amines is 1. The maximum absolute atomic E-state index is 12.5. The number of morpholine rings is 1. The van der Waals surface area contributed by atoms with Crippen LogP contribution in [0.2, 0.25) is 0 Å². The van der Waals surface area contributed by atoms with Crippen LogP contribution in [0.15, 0.2) is 60.7 Å². The summed E-state index contributed by atoms with van der Waals surface area (Å²) in [5.41, 5.74) is 3.58. The van der Waals surface area contributed by atoms with Gasteiger partial charge >= 0.3 is 0 Å². The van der Waals surface area contributed by atoms with Crippen LogP contribution in [0.25, 0.3) is 33.2 Å². The van der Waals surface area contributed by atoms with Gasteiger partial charge in [-0.15, -0.1) is 0 Å². The number of carbonyl (C=O) groups is 1. The molecule has 1 aliphatic heterocycles. The van der Waals surface area contributed by atoms with Crippen molar-refractivity contribution in [3.8, 4) is 11.4 Å². The molecule has 1 amide bonds. The van der Waals surface area contributed by atoms with Gasteiger partial charge in [0.15, 0.2) is 0 Å². The van der Waals surface area contributed by atoms with Crippen molar-refractivity contribution < 1.29 is 9.53 Å². The van der Waals surface area contributed by atoms with Crippen molar-refractivity contribution in [3.63, 3.8) is 0 Å². The zero-order chi connectivity index (χ0) is 21.0. The molecule has 0 bridgehead atoms. The van der Waals surface area contributed by atoms with Crippen molar-refractivity contribution in [2.75, 3.05) is 39.4 Å². The minimum absolute atomic E-state index is 0.0376. The highest BCUT2D eigenvalue weighted by atomic mass is 16.5. The number of ether oxygens (including phenoxy) is 1. The summed E-state index contributed by atoms with van der Waals surface area (Å²) < 4.78 is 5.36. The Morgan fingerprint density at radius 3 is 2.55 bits per heavy atom. The summed E-state index contributed by atoms with van der Waals surface area (Å²) in [6, 6.07) is 20.1. The lowest BCUT2D eigenvalue weighted by Crippen LogP contribution is -2.38. The first-order chi connectivity index (χ1) is 15.3. The topological polar surface area (TPSA) is 70.2 Å². The van der Waals surface area contributed by atoms with E-state index in [0.717, 1.165) is 61.7 Å². The standard InChI is InChI=1S/C25H26N4O2/c30-25(26-10-3-11-29-12-14-31-15-13-29)19-8-6-18(7-9-19)24-27-22-16-20-4-1-2-5-21(20)17-23(22)28-24/h1-2,4-9,16-17H,3,10-15H2,(H,26,30)(H,27,28). The van der Waals surface area contributed by atoms with Crippen molar-refractivity contribution in [2.24, 2.45) is 0 Å². The molecule has 5 rings (SSSR count). The van der Waals surface area contributed by atoms with Gasteiger partial charge in [-0.05, 0) is 48.0 Å². The van der Waals surface area contributed by atoms with Gasteiger partial charge in [0.2, 0.25) is 0 Å². The summed E-state index contributed by atoms with van der Waals surface area (Å²) in [5, 5.41) is 5.38. The second kappa shape index (κ2) is 8.88. The molecule has 31 heavy (non-hydrogen) atoms. The molecule has 6 heteroatoms. The number of nitrogens with zero attached hydrogens (tertiary/aromatic N) is 2.